The Morgan fingerprint density at radius 1 is 1.16 bits per heavy atom. The first-order valence-corrected chi connectivity index (χ1v) is 9.06. The van der Waals surface area contributed by atoms with Crippen molar-refractivity contribution in [1.82, 2.24) is 10.2 Å². The van der Waals surface area contributed by atoms with Crippen molar-refractivity contribution in [3.05, 3.63) is 59.4 Å². The zero-order valence-electron chi connectivity index (χ0n) is 16.2. The van der Waals surface area contributed by atoms with Crippen LogP contribution in [0.4, 0.5) is 23.7 Å². The minimum absolute atomic E-state index is 0.0796. The van der Waals surface area contributed by atoms with E-state index in [1.807, 2.05) is 0 Å². The van der Waals surface area contributed by atoms with Crippen molar-refractivity contribution in [2.45, 2.75) is 12.0 Å². The van der Waals surface area contributed by atoms with Gasteiger partial charge in [-0.25, -0.2) is 18.0 Å². The van der Waals surface area contributed by atoms with Crippen molar-refractivity contribution >= 4 is 23.6 Å². The summed E-state index contributed by atoms with van der Waals surface area (Å²) >= 11 is 0. The third-order valence-corrected chi connectivity index (χ3v) is 4.77. The summed E-state index contributed by atoms with van der Waals surface area (Å²) in [4.78, 5) is 37.0. The number of urea groups is 1. The normalized spacial score (nSPS) is 18.1. The van der Waals surface area contributed by atoms with Gasteiger partial charge in [-0.15, -0.1) is 0 Å². The predicted octanol–water partition coefficient (Wildman–Crippen LogP) is 2.31. The molecule has 1 fully saturated rings. The van der Waals surface area contributed by atoms with E-state index in [9.17, 15) is 27.6 Å². The van der Waals surface area contributed by atoms with Gasteiger partial charge in [0.1, 0.15) is 35.8 Å². The van der Waals surface area contributed by atoms with Gasteiger partial charge in [0.25, 0.3) is 0 Å². The van der Waals surface area contributed by atoms with Crippen molar-refractivity contribution in [2.24, 2.45) is 0 Å². The van der Waals surface area contributed by atoms with E-state index in [1.54, 1.807) is 0 Å². The number of carboxylic acid groups (broad SMARTS) is 1. The lowest BCUT2D eigenvalue weighted by molar-refractivity contribution is -0.143. The number of anilines is 1. The van der Waals surface area contributed by atoms with Crippen LogP contribution in [0.25, 0.3) is 0 Å². The van der Waals surface area contributed by atoms with Gasteiger partial charge < -0.3 is 25.4 Å². The van der Waals surface area contributed by atoms with E-state index in [2.05, 4.69) is 10.6 Å². The predicted molar refractivity (Wildman–Crippen MR) is 102 cm³/mol. The van der Waals surface area contributed by atoms with E-state index in [1.165, 1.54) is 19.2 Å². The average Bonchev–Trinajstić information content (AvgIpc) is 2.98. The third-order valence-electron chi connectivity index (χ3n) is 4.77. The molecule has 0 unspecified atom stereocenters. The van der Waals surface area contributed by atoms with Crippen LogP contribution in [0.2, 0.25) is 0 Å². The van der Waals surface area contributed by atoms with Gasteiger partial charge in [0.05, 0.1) is 7.11 Å². The molecule has 3 rings (SSSR count). The summed E-state index contributed by atoms with van der Waals surface area (Å²) < 4.78 is 47.1. The van der Waals surface area contributed by atoms with Crippen LogP contribution in [0.15, 0.2) is 36.4 Å². The fourth-order valence-corrected chi connectivity index (χ4v) is 3.40. The summed E-state index contributed by atoms with van der Waals surface area (Å²) in [6.07, 6.45) is 0. The van der Waals surface area contributed by atoms with E-state index >= 15 is 0 Å². The van der Waals surface area contributed by atoms with Crippen LogP contribution >= 0.6 is 0 Å². The average molecular weight is 437 g/mol. The first kappa shape index (κ1) is 21.9. The molecular formula is C20H18F3N3O5. The van der Waals surface area contributed by atoms with Gasteiger partial charge in [0, 0.05) is 35.8 Å². The fourth-order valence-electron chi connectivity index (χ4n) is 3.40. The largest absolute Gasteiger partial charge is 0.497 e. The van der Waals surface area contributed by atoms with Gasteiger partial charge in [-0.3, -0.25) is 9.59 Å². The Labute approximate surface area is 174 Å². The summed E-state index contributed by atoms with van der Waals surface area (Å²) in [6, 6.07) is 4.31. The standard InChI is InChI=1S/C20H18F3N3O5/c1-31-12-6-14(22)17(15(23)7-12)13-8-26(9-16(27)28)19(29)18(13)25-20(30)24-11-4-2-10(21)3-5-11/h2-7,13,18H,8-9H2,1H3,(H,27,28)(H2,24,25,30)/t13-,18-/m0/s1. The van der Waals surface area contributed by atoms with Crippen LogP contribution in [0, 0.1) is 17.5 Å². The number of hydrogen-bond acceptors (Lipinski definition) is 4. The van der Waals surface area contributed by atoms with Crippen LogP contribution in [0.3, 0.4) is 0 Å². The first-order valence-electron chi connectivity index (χ1n) is 9.06. The molecule has 3 amide bonds. The van der Waals surface area contributed by atoms with E-state index in [0.717, 1.165) is 29.2 Å². The lowest BCUT2D eigenvalue weighted by atomic mass is 9.93. The number of hydrogen-bond donors (Lipinski definition) is 3. The van der Waals surface area contributed by atoms with Crippen LogP contribution < -0.4 is 15.4 Å². The monoisotopic (exact) mass is 437 g/mol. The van der Waals surface area contributed by atoms with Gasteiger partial charge >= 0.3 is 12.0 Å². The molecule has 0 aromatic heterocycles. The number of nitrogens with zero attached hydrogens (tertiary/aromatic N) is 1. The smallest absolute Gasteiger partial charge is 0.323 e. The minimum Gasteiger partial charge on any atom is -0.497 e. The topological polar surface area (TPSA) is 108 Å². The van der Waals surface area contributed by atoms with Crippen molar-refractivity contribution in [3.63, 3.8) is 0 Å². The summed E-state index contributed by atoms with van der Waals surface area (Å²) in [5.74, 6) is -5.93. The molecule has 0 aliphatic carbocycles. The van der Waals surface area contributed by atoms with Crippen molar-refractivity contribution in [1.29, 1.82) is 0 Å². The Hall–Kier alpha value is -3.76. The zero-order chi connectivity index (χ0) is 22.7. The molecule has 1 saturated heterocycles. The highest BCUT2D eigenvalue weighted by Crippen LogP contribution is 2.34. The summed E-state index contributed by atoms with van der Waals surface area (Å²) in [7, 11) is 1.23. The second-order valence-corrected chi connectivity index (χ2v) is 6.81. The molecule has 2 aromatic carbocycles. The zero-order valence-corrected chi connectivity index (χ0v) is 16.2. The molecule has 2 atom stereocenters. The maximum Gasteiger partial charge on any atom is 0.323 e. The molecule has 164 valence electrons. The molecule has 0 saturated carbocycles. The van der Waals surface area contributed by atoms with E-state index in [0.29, 0.717) is 0 Å². The first-order chi connectivity index (χ1) is 14.7. The molecule has 0 radical (unpaired) electrons. The number of halogens is 3. The molecule has 1 heterocycles. The molecule has 8 nitrogen and oxygen atoms in total. The molecule has 0 spiro atoms. The minimum atomic E-state index is -1.43. The van der Waals surface area contributed by atoms with Crippen molar-refractivity contribution in [2.75, 3.05) is 25.5 Å². The molecule has 11 heteroatoms. The Morgan fingerprint density at radius 3 is 2.32 bits per heavy atom. The van der Waals surface area contributed by atoms with Gasteiger partial charge in [0.15, 0.2) is 0 Å². The number of carboxylic acids is 1. The van der Waals surface area contributed by atoms with Crippen LogP contribution in [0.5, 0.6) is 5.75 Å². The van der Waals surface area contributed by atoms with Crippen LogP contribution in [-0.4, -0.2) is 54.2 Å². The second kappa shape index (κ2) is 8.94. The third kappa shape index (κ3) is 4.87. The summed E-state index contributed by atoms with van der Waals surface area (Å²) in [5.41, 5.74) is -0.265. The highest BCUT2D eigenvalue weighted by atomic mass is 19.1. The van der Waals surface area contributed by atoms with E-state index in [-0.39, 0.29) is 18.0 Å². The van der Waals surface area contributed by atoms with Crippen LogP contribution in [-0.2, 0) is 9.59 Å². The number of aliphatic carboxylic acids is 1. The highest BCUT2D eigenvalue weighted by Gasteiger charge is 2.45. The second-order valence-electron chi connectivity index (χ2n) is 6.81. The molecule has 0 bridgehead atoms. The number of benzene rings is 2. The number of likely N-dealkylation sites (tertiary alicyclic amines) is 1. The van der Waals surface area contributed by atoms with Crippen molar-refractivity contribution in [3.8, 4) is 5.75 Å². The lowest BCUT2D eigenvalue weighted by Gasteiger charge is -2.20. The number of rotatable bonds is 6. The Balaban J connectivity index is 1.88. The Kier molecular flexibility index (Phi) is 6.33. The van der Waals surface area contributed by atoms with Gasteiger partial charge in [-0.2, -0.15) is 0 Å². The Bertz CT molecular complexity index is 993. The van der Waals surface area contributed by atoms with E-state index < -0.39 is 59.4 Å². The SMILES string of the molecule is COc1cc(F)c([C@@H]2CN(CC(=O)O)C(=O)[C@H]2NC(=O)Nc2ccc(F)cc2)c(F)c1. The van der Waals surface area contributed by atoms with Gasteiger partial charge in [-0.05, 0) is 24.3 Å². The summed E-state index contributed by atoms with van der Waals surface area (Å²) in [5, 5.41) is 13.7. The Morgan fingerprint density at radius 2 is 1.77 bits per heavy atom. The maximum absolute atomic E-state index is 14.6. The molecule has 1 aliphatic rings. The number of methoxy groups -OCH3 is 1. The number of carbonyl (C=O) groups excluding carboxylic acids is 2. The number of amides is 3. The molecule has 2 aromatic rings. The molecule has 3 N–H and O–H groups in total. The fraction of sp³-hybridized carbons (Fsp3) is 0.250. The summed E-state index contributed by atoms with van der Waals surface area (Å²) in [6.45, 7) is -1.03. The van der Waals surface area contributed by atoms with E-state index in [4.69, 9.17) is 9.84 Å². The quantitative estimate of drug-likeness (QED) is 0.643. The molecule has 1 aliphatic heterocycles. The highest BCUT2D eigenvalue weighted by molar-refractivity contribution is 5.96. The number of carbonyl (C=O) groups is 3. The molecule has 31 heavy (non-hydrogen) atoms. The van der Waals surface area contributed by atoms with Crippen LogP contribution in [0.1, 0.15) is 11.5 Å². The lowest BCUT2D eigenvalue weighted by Crippen LogP contribution is -2.46. The number of ether oxygens (including phenoxy) is 1. The molecular weight excluding hydrogens is 419 g/mol. The van der Waals surface area contributed by atoms with Crippen molar-refractivity contribution < 1.29 is 37.4 Å². The maximum atomic E-state index is 14.6. The number of nitrogens with one attached hydrogen (secondary N) is 2. The van der Waals surface area contributed by atoms with Gasteiger partial charge in [-0.1, -0.05) is 0 Å². The van der Waals surface area contributed by atoms with Gasteiger partial charge in [0.2, 0.25) is 5.91 Å².